The summed E-state index contributed by atoms with van der Waals surface area (Å²) in [6.45, 7) is 1.89. The molecule has 0 saturated heterocycles. The number of nitro benzene ring substituents is 1. The van der Waals surface area contributed by atoms with Crippen LogP contribution in [0.1, 0.15) is 22.3 Å². The lowest BCUT2D eigenvalue weighted by molar-refractivity contribution is -0.385. The Labute approximate surface area is 200 Å². The number of hydrogen-bond acceptors (Lipinski definition) is 5. The number of halogens is 2. The molecule has 0 spiro atoms. The summed E-state index contributed by atoms with van der Waals surface area (Å²) in [7, 11) is -3.86. The lowest BCUT2D eigenvalue weighted by Gasteiger charge is -2.30. The van der Waals surface area contributed by atoms with Gasteiger partial charge in [0, 0.05) is 35.3 Å². The number of aryl methyl sites for hydroxylation is 1. The van der Waals surface area contributed by atoms with Crippen LogP contribution >= 0.6 is 23.2 Å². The van der Waals surface area contributed by atoms with E-state index in [0.717, 1.165) is 5.56 Å². The van der Waals surface area contributed by atoms with E-state index >= 15 is 0 Å². The lowest BCUT2D eigenvalue weighted by Crippen LogP contribution is -2.35. The molecule has 0 unspecified atom stereocenters. The summed E-state index contributed by atoms with van der Waals surface area (Å²) in [5.41, 5.74) is 3.02. The molecule has 0 fully saturated rings. The maximum absolute atomic E-state index is 13.4. The maximum atomic E-state index is 13.4. The van der Waals surface area contributed by atoms with Crippen LogP contribution in [0.5, 0.6) is 11.5 Å². The van der Waals surface area contributed by atoms with Crippen molar-refractivity contribution in [2.24, 2.45) is 0 Å². The molecule has 7 nitrogen and oxygen atoms in total. The van der Waals surface area contributed by atoms with Crippen molar-refractivity contribution in [2.45, 2.75) is 18.4 Å². The van der Waals surface area contributed by atoms with Crippen molar-refractivity contribution in [3.63, 3.8) is 0 Å². The van der Waals surface area contributed by atoms with Crippen molar-refractivity contribution in [3.8, 4) is 11.5 Å². The van der Waals surface area contributed by atoms with Gasteiger partial charge in [-0.05, 0) is 48.4 Å². The number of nitrogens with zero attached hydrogens (tertiary/aromatic N) is 2. The number of rotatable bonds is 3. The molecule has 0 N–H and O–H groups in total. The van der Waals surface area contributed by atoms with E-state index in [1.807, 2.05) is 6.92 Å². The summed E-state index contributed by atoms with van der Waals surface area (Å²) in [5, 5.41) is 12.2. The Hall–Kier alpha value is -2.91. The molecule has 10 heteroatoms. The third-order valence-corrected chi connectivity index (χ3v) is 7.94. The standard InChI is InChI=1S/C23H16Cl2N2O5S/c1-13-2-4-19(5-3-13)33(30,31)26-11-15-6-14-7-17(24)9-20(25)23(14)32-21-10-18(27(28)29)8-16(12-26)22(15)21/h2-10H,11-12H2,1H3. The van der Waals surface area contributed by atoms with Gasteiger partial charge in [0.15, 0.2) is 5.75 Å². The van der Waals surface area contributed by atoms with Crippen molar-refractivity contribution < 1.29 is 18.1 Å². The fraction of sp³-hybridized carbons (Fsp3) is 0.130. The number of hydrogen-bond donors (Lipinski definition) is 0. The first kappa shape index (κ1) is 21.9. The minimum atomic E-state index is -3.86. The fourth-order valence-corrected chi connectivity index (χ4v) is 6.03. The van der Waals surface area contributed by atoms with E-state index < -0.39 is 14.9 Å². The van der Waals surface area contributed by atoms with E-state index in [0.29, 0.717) is 33.0 Å². The van der Waals surface area contributed by atoms with E-state index in [1.165, 1.54) is 22.5 Å². The van der Waals surface area contributed by atoms with Gasteiger partial charge in [0.05, 0.1) is 20.9 Å². The predicted octanol–water partition coefficient (Wildman–Crippen LogP) is 6.06. The number of nitro groups is 1. The Balaban J connectivity index is 1.71. The Kier molecular flexibility index (Phi) is 5.21. The number of ether oxygens (including phenoxy) is 1. The highest BCUT2D eigenvalue weighted by molar-refractivity contribution is 7.89. The van der Waals surface area contributed by atoms with Gasteiger partial charge in [-0.2, -0.15) is 4.31 Å². The van der Waals surface area contributed by atoms with Crippen molar-refractivity contribution in [3.05, 3.63) is 90.9 Å². The van der Waals surface area contributed by atoms with Crippen molar-refractivity contribution >= 4 is 50.6 Å². The van der Waals surface area contributed by atoms with Crippen LogP contribution in [-0.2, 0) is 16.6 Å². The highest BCUT2D eigenvalue weighted by Gasteiger charge is 2.35. The Bertz CT molecular complexity index is 1470. The molecule has 0 amide bonds. The Morgan fingerprint density at radius 1 is 1.06 bits per heavy atom. The van der Waals surface area contributed by atoms with Gasteiger partial charge in [-0.15, -0.1) is 0 Å². The average Bonchev–Trinajstić information content (AvgIpc) is 2.91. The van der Waals surface area contributed by atoms with Gasteiger partial charge in [0.25, 0.3) is 5.69 Å². The topological polar surface area (TPSA) is 89.8 Å². The van der Waals surface area contributed by atoms with Gasteiger partial charge in [-0.25, -0.2) is 8.42 Å². The highest BCUT2D eigenvalue weighted by Crippen LogP contribution is 2.47. The smallest absolute Gasteiger partial charge is 0.273 e. The maximum Gasteiger partial charge on any atom is 0.273 e. The second-order valence-corrected chi connectivity index (χ2v) is 10.7. The molecule has 168 valence electrons. The minimum Gasteiger partial charge on any atom is -0.454 e. The molecule has 0 aliphatic carbocycles. The van der Waals surface area contributed by atoms with E-state index in [2.05, 4.69) is 0 Å². The first-order valence-electron chi connectivity index (χ1n) is 9.89. The van der Waals surface area contributed by atoms with Crippen LogP contribution in [0.2, 0.25) is 10.0 Å². The van der Waals surface area contributed by atoms with Crippen LogP contribution in [0.4, 0.5) is 5.69 Å². The summed E-state index contributed by atoms with van der Waals surface area (Å²) < 4.78 is 34.2. The number of sulfonamides is 1. The molecular weight excluding hydrogens is 487 g/mol. The summed E-state index contributed by atoms with van der Waals surface area (Å²) in [6, 6.07) is 12.5. The zero-order valence-corrected chi connectivity index (χ0v) is 19.5. The zero-order valence-electron chi connectivity index (χ0n) is 17.2. The molecule has 2 aliphatic rings. The Morgan fingerprint density at radius 2 is 1.79 bits per heavy atom. The number of benzene rings is 3. The minimum absolute atomic E-state index is 0.0360. The number of non-ortho nitro benzene ring substituents is 1. The monoisotopic (exact) mass is 502 g/mol. The zero-order chi connectivity index (χ0) is 23.5. The summed E-state index contributed by atoms with van der Waals surface area (Å²) in [5.74, 6) is 0.555. The molecule has 0 saturated carbocycles. The quantitative estimate of drug-likeness (QED) is 0.320. The van der Waals surface area contributed by atoms with Crippen LogP contribution < -0.4 is 4.74 Å². The van der Waals surface area contributed by atoms with Gasteiger partial charge < -0.3 is 4.74 Å². The second kappa shape index (κ2) is 7.85. The average molecular weight is 503 g/mol. The predicted molar refractivity (Wildman–Crippen MR) is 126 cm³/mol. The van der Waals surface area contributed by atoms with Gasteiger partial charge in [0.2, 0.25) is 10.0 Å². The van der Waals surface area contributed by atoms with Gasteiger partial charge in [-0.1, -0.05) is 40.9 Å². The fourth-order valence-electron chi connectivity index (χ4n) is 4.09. The normalized spacial score (nSPS) is 15.1. The molecule has 33 heavy (non-hydrogen) atoms. The molecule has 2 heterocycles. The summed E-state index contributed by atoms with van der Waals surface area (Å²) in [4.78, 5) is 11.2. The van der Waals surface area contributed by atoms with Gasteiger partial charge in [-0.3, -0.25) is 10.1 Å². The van der Waals surface area contributed by atoms with Gasteiger partial charge in [0.1, 0.15) is 5.75 Å². The molecule has 0 atom stereocenters. The van der Waals surface area contributed by atoms with E-state index in [9.17, 15) is 18.5 Å². The third-order valence-electron chi connectivity index (χ3n) is 5.63. The molecule has 0 bridgehead atoms. The van der Waals surface area contributed by atoms with Crippen molar-refractivity contribution in [2.75, 3.05) is 6.54 Å². The molecule has 2 aliphatic heterocycles. The van der Waals surface area contributed by atoms with Crippen molar-refractivity contribution in [1.29, 1.82) is 0 Å². The second-order valence-electron chi connectivity index (χ2n) is 7.90. The lowest BCUT2D eigenvalue weighted by atomic mass is 9.93. The third kappa shape index (κ3) is 3.79. The van der Waals surface area contributed by atoms with Crippen LogP contribution in [0.15, 0.2) is 53.4 Å². The van der Waals surface area contributed by atoms with Crippen LogP contribution in [0.3, 0.4) is 0 Å². The van der Waals surface area contributed by atoms with Crippen LogP contribution in [-0.4, -0.2) is 24.2 Å². The largest absolute Gasteiger partial charge is 0.454 e. The van der Waals surface area contributed by atoms with Crippen LogP contribution in [0, 0.1) is 17.0 Å². The van der Waals surface area contributed by atoms with E-state index in [1.54, 1.807) is 36.4 Å². The molecule has 5 rings (SSSR count). The van der Waals surface area contributed by atoms with Crippen LogP contribution in [0.25, 0.3) is 11.6 Å². The number of fused-ring (bicyclic) bond motifs is 1. The molecule has 0 radical (unpaired) electrons. The van der Waals surface area contributed by atoms with E-state index in [-0.39, 0.29) is 34.4 Å². The molecule has 3 aromatic rings. The summed E-state index contributed by atoms with van der Waals surface area (Å²) in [6.07, 6.45) is 1.77. The first-order valence-corrected chi connectivity index (χ1v) is 12.1. The first-order chi connectivity index (χ1) is 15.6. The van der Waals surface area contributed by atoms with Gasteiger partial charge >= 0.3 is 0 Å². The summed E-state index contributed by atoms with van der Waals surface area (Å²) >= 11 is 12.5. The highest BCUT2D eigenvalue weighted by atomic mass is 35.5. The van der Waals surface area contributed by atoms with E-state index in [4.69, 9.17) is 27.9 Å². The SMILES string of the molecule is Cc1ccc(S(=O)(=O)N2CC3=Cc4cc(Cl)cc(Cl)c4Oc4cc([N+](=O)[O-])cc(c43)C2)cc1. The van der Waals surface area contributed by atoms with Crippen molar-refractivity contribution in [1.82, 2.24) is 4.31 Å². The Morgan fingerprint density at radius 3 is 2.48 bits per heavy atom. The molecular formula is C23H16Cl2N2O5S. The molecule has 0 aromatic heterocycles. The molecule has 3 aromatic carbocycles.